The van der Waals surface area contributed by atoms with Crippen LogP contribution in [0.3, 0.4) is 0 Å². The summed E-state index contributed by atoms with van der Waals surface area (Å²) in [5.41, 5.74) is 5.16. The second kappa shape index (κ2) is 6.67. The number of aromatic carboxylic acids is 1. The molecule has 0 aliphatic rings. The first-order chi connectivity index (χ1) is 9.29. The molecule has 0 amide bonds. The average Bonchev–Trinajstić information content (AvgIpc) is 2.40. The molecule has 0 spiro atoms. The van der Waals surface area contributed by atoms with Gasteiger partial charge in [0.25, 0.3) is 0 Å². The standard InChI is InChI=1S/C12H13BrFNO5/c1-2-20-12(19)8(14)9(15)6-3-5(11(17)18)4-7(13)10(6)16/h3-4,8-9,16H,2,15H2,1H3,(H,17,18)/t8?,9-/m1/s1. The zero-order chi connectivity index (χ0) is 15.4. The van der Waals surface area contributed by atoms with E-state index in [0.717, 1.165) is 12.1 Å². The summed E-state index contributed by atoms with van der Waals surface area (Å²) in [5, 5.41) is 18.7. The molecule has 2 atom stereocenters. The van der Waals surface area contributed by atoms with E-state index in [4.69, 9.17) is 10.8 Å². The van der Waals surface area contributed by atoms with Crippen LogP contribution in [0.4, 0.5) is 4.39 Å². The van der Waals surface area contributed by atoms with Crippen molar-refractivity contribution < 1.29 is 28.9 Å². The third-order valence-electron chi connectivity index (χ3n) is 2.53. The number of rotatable bonds is 5. The summed E-state index contributed by atoms with van der Waals surface area (Å²) in [6.07, 6.45) is -2.21. The van der Waals surface area contributed by atoms with Crippen LogP contribution in [0.2, 0.25) is 0 Å². The quantitative estimate of drug-likeness (QED) is 0.698. The molecule has 6 nitrogen and oxygen atoms in total. The van der Waals surface area contributed by atoms with Gasteiger partial charge in [0, 0.05) is 5.56 Å². The maximum Gasteiger partial charge on any atom is 0.342 e. The molecular formula is C12H13BrFNO5. The number of nitrogens with two attached hydrogens (primary N) is 1. The molecule has 0 fully saturated rings. The first kappa shape index (κ1) is 16.4. The van der Waals surface area contributed by atoms with E-state index in [1.54, 1.807) is 0 Å². The Bertz CT molecular complexity index is 537. The molecule has 0 heterocycles. The van der Waals surface area contributed by atoms with Gasteiger partial charge >= 0.3 is 11.9 Å². The summed E-state index contributed by atoms with van der Waals surface area (Å²) in [6, 6.07) is 0.620. The fourth-order valence-corrected chi connectivity index (χ4v) is 2.00. The largest absolute Gasteiger partial charge is 0.506 e. The van der Waals surface area contributed by atoms with Gasteiger partial charge in [-0.05, 0) is 35.0 Å². The summed E-state index contributed by atoms with van der Waals surface area (Å²) < 4.78 is 18.4. The third-order valence-corrected chi connectivity index (χ3v) is 3.13. The first-order valence-electron chi connectivity index (χ1n) is 5.61. The minimum atomic E-state index is -2.21. The number of phenolic OH excluding ortho intramolecular Hbond substituents is 1. The normalized spacial score (nSPS) is 13.6. The summed E-state index contributed by atoms with van der Waals surface area (Å²) in [5.74, 6) is -2.86. The van der Waals surface area contributed by atoms with Gasteiger partial charge in [-0.2, -0.15) is 0 Å². The molecule has 20 heavy (non-hydrogen) atoms. The van der Waals surface area contributed by atoms with Gasteiger partial charge in [0.2, 0.25) is 6.17 Å². The van der Waals surface area contributed by atoms with Gasteiger partial charge in [-0.25, -0.2) is 14.0 Å². The Hall–Kier alpha value is -1.67. The molecular weight excluding hydrogens is 337 g/mol. The smallest absolute Gasteiger partial charge is 0.342 e. The SMILES string of the molecule is CCOC(=O)C(F)[C@H](N)c1cc(C(=O)O)cc(Br)c1O. The molecule has 0 bridgehead atoms. The number of ether oxygens (including phenoxy) is 1. The van der Waals surface area contributed by atoms with E-state index in [2.05, 4.69) is 20.7 Å². The minimum absolute atomic E-state index is 0.0170. The van der Waals surface area contributed by atoms with E-state index in [9.17, 15) is 19.1 Å². The van der Waals surface area contributed by atoms with Crippen LogP contribution in [0.15, 0.2) is 16.6 Å². The van der Waals surface area contributed by atoms with E-state index in [-0.39, 0.29) is 22.2 Å². The molecule has 0 saturated carbocycles. The van der Waals surface area contributed by atoms with Gasteiger partial charge in [0.05, 0.1) is 22.7 Å². The second-order valence-corrected chi connectivity index (χ2v) is 4.73. The lowest BCUT2D eigenvalue weighted by molar-refractivity contribution is -0.149. The molecule has 0 aromatic heterocycles. The fraction of sp³-hybridized carbons (Fsp3) is 0.333. The van der Waals surface area contributed by atoms with Gasteiger partial charge in [0.15, 0.2) is 0 Å². The number of halogens is 2. The Balaban J connectivity index is 3.17. The highest BCUT2D eigenvalue weighted by atomic mass is 79.9. The first-order valence-corrected chi connectivity index (χ1v) is 6.40. The van der Waals surface area contributed by atoms with Gasteiger partial charge in [-0.15, -0.1) is 0 Å². The van der Waals surface area contributed by atoms with E-state index in [1.165, 1.54) is 6.92 Å². The van der Waals surface area contributed by atoms with Crippen LogP contribution in [0.5, 0.6) is 5.75 Å². The van der Waals surface area contributed by atoms with E-state index in [0.29, 0.717) is 0 Å². The topological polar surface area (TPSA) is 110 Å². The number of alkyl halides is 1. The molecule has 0 aliphatic carbocycles. The zero-order valence-corrected chi connectivity index (χ0v) is 12.1. The van der Waals surface area contributed by atoms with Gasteiger partial charge in [0.1, 0.15) is 5.75 Å². The van der Waals surface area contributed by atoms with Crippen molar-refractivity contribution in [1.82, 2.24) is 0 Å². The van der Waals surface area contributed by atoms with Crippen molar-refractivity contribution in [3.05, 3.63) is 27.7 Å². The number of esters is 1. The number of aromatic hydroxyl groups is 1. The molecule has 0 saturated heterocycles. The van der Waals surface area contributed by atoms with Crippen LogP contribution in [-0.4, -0.2) is 34.9 Å². The number of phenols is 1. The Labute approximate surface area is 122 Å². The van der Waals surface area contributed by atoms with Gasteiger partial charge < -0.3 is 20.7 Å². The number of carboxylic acids is 1. The highest BCUT2D eigenvalue weighted by Gasteiger charge is 2.30. The van der Waals surface area contributed by atoms with Crippen molar-refractivity contribution in [3.8, 4) is 5.75 Å². The van der Waals surface area contributed by atoms with Gasteiger partial charge in [-0.3, -0.25) is 0 Å². The van der Waals surface area contributed by atoms with Crippen LogP contribution in [0.1, 0.15) is 28.9 Å². The lowest BCUT2D eigenvalue weighted by atomic mass is 9.99. The molecule has 0 radical (unpaired) electrons. The molecule has 8 heteroatoms. The molecule has 1 rings (SSSR count). The van der Waals surface area contributed by atoms with Crippen molar-refractivity contribution in [2.24, 2.45) is 5.73 Å². The zero-order valence-electron chi connectivity index (χ0n) is 10.5. The van der Waals surface area contributed by atoms with Crippen molar-refractivity contribution in [2.45, 2.75) is 19.1 Å². The monoisotopic (exact) mass is 349 g/mol. The molecule has 1 aromatic carbocycles. The van der Waals surface area contributed by atoms with Crippen LogP contribution >= 0.6 is 15.9 Å². The Morgan fingerprint density at radius 2 is 2.10 bits per heavy atom. The highest BCUT2D eigenvalue weighted by molar-refractivity contribution is 9.10. The van der Waals surface area contributed by atoms with E-state index < -0.39 is 29.9 Å². The lowest BCUT2D eigenvalue weighted by Crippen LogP contribution is -2.31. The van der Waals surface area contributed by atoms with Crippen molar-refractivity contribution in [1.29, 1.82) is 0 Å². The molecule has 110 valence electrons. The molecule has 1 aromatic rings. The van der Waals surface area contributed by atoms with Crippen molar-refractivity contribution in [2.75, 3.05) is 6.61 Å². The second-order valence-electron chi connectivity index (χ2n) is 3.88. The number of carboxylic acid groups (broad SMARTS) is 1. The number of hydrogen-bond acceptors (Lipinski definition) is 5. The Morgan fingerprint density at radius 3 is 2.60 bits per heavy atom. The third kappa shape index (κ3) is 3.45. The van der Waals surface area contributed by atoms with Crippen molar-refractivity contribution >= 4 is 27.9 Å². The predicted octanol–water partition coefficient (Wildman–Crippen LogP) is 1.75. The number of benzene rings is 1. The fourth-order valence-electron chi connectivity index (χ4n) is 1.52. The maximum absolute atomic E-state index is 13.8. The Morgan fingerprint density at radius 1 is 1.50 bits per heavy atom. The van der Waals surface area contributed by atoms with Gasteiger partial charge in [-0.1, -0.05) is 0 Å². The number of carbonyl (C=O) groups excluding carboxylic acids is 1. The average molecular weight is 350 g/mol. The van der Waals surface area contributed by atoms with Crippen LogP contribution in [0, 0.1) is 0 Å². The summed E-state index contributed by atoms with van der Waals surface area (Å²) in [7, 11) is 0. The van der Waals surface area contributed by atoms with E-state index in [1.807, 2.05) is 0 Å². The van der Waals surface area contributed by atoms with Crippen LogP contribution in [0.25, 0.3) is 0 Å². The summed E-state index contributed by atoms with van der Waals surface area (Å²) in [6.45, 7) is 1.49. The molecule has 0 aliphatic heterocycles. The molecule has 1 unspecified atom stereocenters. The van der Waals surface area contributed by atoms with E-state index >= 15 is 0 Å². The number of carbonyl (C=O) groups is 2. The lowest BCUT2D eigenvalue weighted by Gasteiger charge is -2.18. The predicted molar refractivity (Wildman–Crippen MR) is 71.2 cm³/mol. The van der Waals surface area contributed by atoms with Crippen LogP contribution in [-0.2, 0) is 9.53 Å². The Kier molecular flexibility index (Phi) is 5.46. The highest BCUT2D eigenvalue weighted by Crippen LogP contribution is 2.34. The molecule has 4 N–H and O–H groups in total. The maximum atomic E-state index is 13.8. The van der Waals surface area contributed by atoms with Crippen LogP contribution < -0.4 is 5.73 Å². The summed E-state index contributed by atoms with van der Waals surface area (Å²) in [4.78, 5) is 22.2. The minimum Gasteiger partial charge on any atom is -0.506 e. The van der Waals surface area contributed by atoms with Crippen molar-refractivity contribution in [3.63, 3.8) is 0 Å². The summed E-state index contributed by atoms with van der Waals surface area (Å²) >= 11 is 2.94. The number of hydrogen-bond donors (Lipinski definition) is 3.